The van der Waals surface area contributed by atoms with E-state index in [1.165, 1.54) is 22.9 Å². The molecule has 1 unspecified atom stereocenters. The second-order valence-electron chi connectivity index (χ2n) is 7.59. The fourth-order valence-corrected chi connectivity index (χ4v) is 4.92. The van der Waals surface area contributed by atoms with Crippen LogP contribution < -0.4 is 0 Å². The Morgan fingerprint density at radius 1 is 1.23 bits per heavy atom. The Hall–Kier alpha value is -2.71. The third-order valence-electron chi connectivity index (χ3n) is 5.70. The molecule has 2 heterocycles. The van der Waals surface area contributed by atoms with Gasteiger partial charge in [-0.25, -0.2) is 0 Å². The van der Waals surface area contributed by atoms with Gasteiger partial charge in [0.1, 0.15) is 0 Å². The Balaban J connectivity index is 1.48. The van der Waals surface area contributed by atoms with Crippen LogP contribution in [-0.2, 0) is 22.5 Å². The highest BCUT2D eigenvalue weighted by Gasteiger charge is 2.27. The maximum Gasteiger partial charge on any atom is 0.233 e. The van der Waals surface area contributed by atoms with Crippen molar-refractivity contribution in [3.05, 3.63) is 59.9 Å². The lowest BCUT2D eigenvalue weighted by Crippen LogP contribution is -2.34. The predicted octanol–water partition coefficient (Wildman–Crippen LogP) is 3.61. The zero-order valence-corrected chi connectivity index (χ0v) is 18.7. The van der Waals surface area contributed by atoms with Crippen molar-refractivity contribution < 1.29 is 9.53 Å². The highest BCUT2D eigenvalue weighted by atomic mass is 32.2. The van der Waals surface area contributed by atoms with Gasteiger partial charge in [0.15, 0.2) is 11.0 Å². The zero-order valence-electron chi connectivity index (χ0n) is 17.9. The molecule has 0 N–H and O–H groups in total. The van der Waals surface area contributed by atoms with Crippen molar-refractivity contribution in [1.29, 1.82) is 0 Å². The molecule has 0 bridgehead atoms. The third-order valence-corrected chi connectivity index (χ3v) is 6.65. The summed E-state index contributed by atoms with van der Waals surface area (Å²) >= 11 is 1.42. The quantitative estimate of drug-likeness (QED) is 0.501. The molecule has 1 amide bonds. The molecule has 1 aliphatic rings. The number of hydrogen-bond donors (Lipinski definition) is 0. The number of carbonyl (C=O) groups is 1. The van der Waals surface area contributed by atoms with Gasteiger partial charge in [0.2, 0.25) is 5.91 Å². The molecule has 0 saturated carbocycles. The van der Waals surface area contributed by atoms with Crippen LogP contribution in [0.2, 0.25) is 0 Å². The van der Waals surface area contributed by atoms with E-state index in [-0.39, 0.29) is 11.9 Å². The number of hydrogen-bond acceptors (Lipinski definition) is 6. The minimum atomic E-state index is 0.0958. The number of thioether (sulfide) groups is 1. The van der Waals surface area contributed by atoms with E-state index in [0.717, 1.165) is 35.8 Å². The molecule has 1 aromatic carbocycles. The Kier molecular flexibility index (Phi) is 6.99. The van der Waals surface area contributed by atoms with E-state index in [0.29, 0.717) is 18.9 Å². The maximum absolute atomic E-state index is 13.0. The number of methoxy groups -OCH3 is 1. The Labute approximate surface area is 186 Å². The van der Waals surface area contributed by atoms with Gasteiger partial charge in [-0.1, -0.05) is 36.0 Å². The van der Waals surface area contributed by atoms with Crippen LogP contribution in [0.15, 0.2) is 53.9 Å². The number of fused-ring (bicyclic) bond motifs is 1. The molecule has 162 valence electrons. The first-order valence-corrected chi connectivity index (χ1v) is 11.5. The number of aryl methyl sites for hydroxylation is 1. The van der Waals surface area contributed by atoms with Crippen LogP contribution in [0.4, 0.5) is 0 Å². The standard InChI is InChI=1S/C23H27N5O2S/c1-27(20-9-5-7-17-6-3-4-8-19(17)20)21(29)16-31-23-26-25-22(28(23)14-15-30-2)18-10-12-24-13-11-18/h3-4,6,8,10-13,20H,5,7,9,14-16H2,1-2H3. The fourth-order valence-electron chi connectivity index (χ4n) is 4.03. The van der Waals surface area contributed by atoms with Gasteiger partial charge in [0, 0.05) is 32.1 Å². The lowest BCUT2D eigenvalue weighted by atomic mass is 9.87. The third kappa shape index (κ3) is 4.80. The van der Waals surface area contributed by atoms with E-state index in [9.17, 15) is 4.79 Å². The largest absolute Gasteiger partial charge is 0.383 e. The van der Waals surface area contributed by atoms with Crippen LogP contribution in [0, 0.1) is 0 Å². The SMILES string of the molecule is COCCn1c(SCC(=O)N(C)C2CCCc3ccccc32)nnc1-c1ccncc1. The number of benzene rings is 1. The molecule has 0 aliphatic heterocycles. The average molecular weight is 438 g/mol. The first-order chi connectivity index (χ1) is 15.2. The molecule has 0 saturated heterocycles. The molecule has 0 spiro atoms. The van der Waals surface area contributed by atoms with Crippen molar-refractivity contribution >= 4 is 17.7 Å². The molecule has 2 aromatic heterocycles. The van der Waals surface area contributed by atoms with E-state index in [2.05, 4.69) is 39.4 Å². The molecule has 7 nitrogen and oxygen atoms in total. The first-order valence-electron chi connectivity index (χ1n) is 10.5. The van der Waals surface area contributed by atoms with Gasteiger partial charge in [-0.15, -0.1) is 10.2 Å². The Morgan fingerprint density at radius 2 is 2.03 bits per heavy atom. The smallest absolute Gasteiger partial charge is 0.233 e. The van der Waals surface area contributed by atoms with E-state index in [1.54, 1.807) is 19.5 Å². The van der Waals surface area contributed by atoms with Crippen molar-refractivity contribution in [2.45, 2.75) is 37.0 Å². The number of amides is 1. The van der Waals surface area contributed by atoms with Crippen molar-refractivity contribution in [2.75, 3.05) is 26.5 Å². The van der Waals surface area contributed by atoms with Gasteiger partial charge in [-0.05, 0) is 42.5 Å². The topological polar surface area (TPSA) is 73.1 Å². The summed E-state index contributed by atoms with van der Waals surface area (Å²) in [6, 6.07) is 12.4. The Bertz CT molecular complexity index is 1020. The summed E-state index contributed by atoms with van der Waals surface area (Å²) in [7, 11) is 3.58. The van der Waals surface area contributed by atoms with E-state index in [1.807, 2.05) is 28.6 Å². The van der Waals surface area contributed by atoms with Crippen molar-refractivity contribution in [2.24, 2.45) is 0 Å². The van der Waals surface area contributed by atoms with Gasteiger partial charge in [-0.3, -0.25) is 14.3 Å². The molecule has 31 heavy (non-hydrogen) atoms. The Morgan fingerprint density at radius 3 is 2.84 bits per heavy atom. The number of ether oxygens (including phenoxy) is 1. The molecule has 1 aliphatic carbocycles. The van der Waals surface area contributed by atoms with Crippen LogP contribution >= 0.6 is 11.8 Å². The molecular weight excluding hydrogens is 410 g/mol. The molecule has 0 fully saturated rings. The monoisotopic (exact) mass is 437 g/mol. The van der Waals surface area contributed by atoms with E-state index < -0.39 is 0 Å². The van der Waals surface area contributed by atoms with Crippen LogP contribution in [0.1, 0.15) is 30.0 Å². The first kappa shape index (κ1) is 21.5. The molecule has 4 rings (SSSR count). The fraction of sp³-hybridized carbons (Fsp3) is 0.391. The average Bonchev–Trinajstić information content (AvgIpc) is 3.23. The summed E-state index contributed by atoms with van der Waals surface area (Å²) in [6.07, 6.45) is 6.66. The summed E-state index contributed by atoms with van der Waals surface area (Å²) < 4.78 is 7.27. The van der Waals surface area contributed by atoms with E-state index >= 15 is 0 Å². The highest BCUT2D eigenvalue weighted by Crippen LogP contribution is 2.34. The lowest BCUT2D eigenvalue weighted by Gasteiger charge is -2.33. The second-order valence-corrected chi connectivity index (χ2v) is 8.53. The minimum Gasteiger partial charge on any atom is -0.383 e. The van der Waals surface area contributed by atoms with Gasteiger partial charge in [0.05, 0.1) is 24.9 Å². The van der Waals surface area contributed by atoms with Gasteiger partial charge in [-0.2, -0.15) is 0 Å². The summed E-state index contributed by atoms with van der Waals surface area (Å²) in [5, 5.41) is 9.44. The molecule has 0 radical (unpaired) electrons. The number of rotatable bonds is 8. The van der Waals surface area contributed by atoms with Crippen LogP contribution in [-0.4, -0.2) is 57.1 Å². The van der Waals surface area contributed by atoms with Gasteiger partial charge < -0.3 is 9.64 Å². The number of pyridine rings is 1. The summed E-state index contributed by atoms with van der Waals surface area (Å²) in [4.78, 5) is 19.0. The highest BCUT2D eigenvalue weighted by molar-refractivity contribution is 7.99. The summed E-state index contributed by atoms with van der Waals surface area (Å²) in [6.45, 7) is 1.15. The molecule has 1 atom stereocenters. The number of aromatic nitrogens is 4. The van der Waals surface area contributed by atoms with Crippen molar-refractivity contribution in [3.63, 3.8) is 0 Å². The van der Waals surface area contributed by atoms with Gasteiger partial charge >= 0.3 is 0 Å². The van der Waals surface area contributed by atoms with Crippen LogP contribution in [0.3, 0.4) is 0 Å². The second kappa shape index (κ2) is 10.1. The van der Waals surface area contributed by atoms with Gasteiger partial charge in [0.25, 0.3) is 0 Å². The van der Waals surface area contributed by atoms with Crippen LogP contribution in [0.25, 0.3) is 11.4 Å². The van der Waals surface area contributed by atoms with E-state index in [4.69, 9.17) is 4.74 Å². The molecule has 3 aromatic rings. The predicted molar refractivity (Wildman–Crippen MR) is 121 cm³/mol. The zero-order chi connectivity index (χ0) is 21.6. The summed E-state index contributed by atoms with van der Waals surface area (Å²) in [5.41, 5.74) is 3.57. The van der Waals surface area contributed by atoms with Crippen molar-refractivity contribution in [3.8, 4) is 11.4 Å². The lowest BCUT2D eigenvalue weighted by molar-refractivity contribution is -0.129. The summed E-state index contributed by atoms with van der Waals surface area (Å²) in [5.74, 6) is 1.17. The molecular formula is C23H27N5O2S. The normalized spacial score (nSPS) is 15.5. The number of nitrogens with zero attached hydrogens (tertiary/aromatic N) is 5. The van der Waals surface area contributed by atoms with Crippen LogP contribution in [0.5, 0.6) is 0 Å². The molecule has 8 heteroatoms. The maximum atomic E-state index is 13.0. The number of carbonyl (C=O) groups excluding carboxylic acids is 1. The minimum absolute atomic E-state index is 0.0958. The van der Waals surface area contributed by atoms with Crippen molar-refractivity contribution in [1.82, 2.24) is 24.6 Å².